The van der Waals surface area contributed by atoms with Crippen LogP contribution in [0.25, 0.3) is 96.7 Å². The van der Waals surface area contributed by atoms with Gasteiger partial charge in [-0.15, -0.1) is 11.3 Å². The third-order valence-electron chi connectivity index (χ3n) is 10.1. The van der Waals surface area contributed by atoms with E-state index < -0.39 is 0 Å². The van der Waals surface area contributed by atoms with Crippen molar-refractivity contribution in [3.05, 3.63) is 158 Å². The summed E-state index contributed by atoms with van der Waals surface area (Å²) in [6, 6.07) is 57.9. The molecule has 11 rings (SSSR count). The van der Waals surface area contributed by atoms with E-state index in [1.165, 1.54) is 96.7 Å². The monoisotopic (exact) mass is 614 g/mol. The molecule has 218 valence electrons. The van der Waals surface area contributed by atoms with Crippen molar-refractivity contribution >= 4 is 96.7 Å². The molecule has 47 heavy (non-hydrogen) atoms. The lowest BCUT2D eigenvalue weighted by molar-refractivity contribution is 1.18. The van der Waals surface area contributed by atoms with E-state index in [2.05, 4.69) is 167 Å². The molecule has 2 nitrogen and oxygen atoms in total. The first-order valence-electron chi connectivity index (χ1n) is 16.1. The second-order valence-electron chi connectivity index (χ2n) is 12.5. The van der Waals surface area contributed by atoms with Gasteiger partial charge >= 0.3 is 0 Å². The molecule has 0 saturated carbocycles. The molecule has 0 fully saturated rings. The second kappa shape index (κ2) is 9.32. The molecule has 0 N–H and O–H groups in total. The number of hydrogen-bond donors (Lipinski definition) is 0. The number of thiophene rings is 1. The molecule has 0 saturated heterocycles. The summed E-state index contributed by atoms with van der Waals surface area (Å²) >= 11 is 1.93. The van der Waals surface area contributed by atoms with Gasteiger partial charge in [0, 0.05) is 32.9 Å². The zero-order valence-corrected chi connectivity index (χ0v) is 26.1. The molecule has 0 bridgehead atoms. The molecule has 0 aliphatic rings. The minimum Gasteiger partial charge on any atom is -0.308 e. The Hall–Kier alpha value is -5.90. The zero-order chi connectivity index (χ0) is 30.6. The van der Waals surface area contributed by atoms with Crippen LogP contribution in [-0.4, -0.2) is 9.13 Å². The third-order valence-corrected chi connectivity index (χ3v) is 11.3. The fourth-order valence-corrected chi connectivity index (χ4v) is 9.47. The molecule has 8 aromatic carbocycles. The Bertz CT molecular complexity index is 3050. The number of hydrogen-bond acceptors (Lipinski definition) is 1. The average Bonchev–Trinajstić information content (AvgIpc) is 3.78. The average molecular weight is 615 g/mol. The summed E-state index contributed by atoms with van der Waals surface area (Å²) < 4.78 is 7.62. The predicted molar refractivity (Wildman–Crippen MR) is 203 cm³/mol. The number of fused-ring (bicyclic) bond motifs is 15. The predicted octanol–water partition coefficient (Wildman–Crippen LogP) is 12.6. The van der Waals surface area contributed by atoms with Crippen LogP contribution in [0.15, 0.2) is 158 Å². The molecule has 11 aromatic rings. The Morgan fingerprint density at radius 1 is 0.298 bits per heavy atom. The lowest BCUT2D eigenvalue weighted by Crippen LogP contribution is -1.94. The fourth-order valence-electron chi connectivity index (χ4n) is 8.11. The van der Waals surface area contributed by atoms with Crippen LogP contribution < -0.4 is 0 Å². The molecule has 0 aliphatic carbocycles. The number of para-hydroxylation sites is 3. The highest BCUT2D eigenvalue weighted by Crippen LogP contribution is 2.48. The van der Waals surface area contributed by atoms with Crippen LogP contribution in [0.5, 0.6) is 0 Å². The quantitative estimate of drug-likeness (QED) is 0.171. The van der Waals surface area contributed by atoms with Gasteiger partial charge in [0.25, 0.3) is 0 Å². The van der Waals surface area contributed by atoms with Crippen LogP contribution in [0.1, 0.15) is 0 Å². The van der Waals surface area contributed by atoms with E-state index in [4.69, 9.17) is 0 Å². The molecule has 0 amide bonds. The highest BCUT2D eigenvalue weighted by Gasteiger charge is 2.23. The van der Waals surface area contributed by atoms with Crippen molar-refractivity contribution in [3.63, 3.8) is 0 Å². The van der Waals surface area contributed by atoms with Gasteiger partial charge in [0.1, 0.15) is 0 Å². The smallest absolute Gasteiger partial charge is 0.0728 e. The van der Waals surface area contributed by atoms with Gasteiger partial charge in [0.2, 0.25) is 0 Å². The standard InChI is InChI=1S/C44H26N2S/c1-3-13-27(14-4-1)45-39-22-12-11-21-34(39)43-42(45)35-24-23-33-38-25-36-31-19-9-7-17-29(31)30-18-8-10-20-32(30)37(36)26-40(38)46(41(33)44(35)47-43)28-15-5-2-6-16-28/h1-26H. The van der Waals surface area contributed by atoms with Gasteiger partial charge in [-0.3, -0.25) is 0 Å². The highest BCUT2D eigenvalue weighted by atomic mass is 32.1. The van der Waals surface area contributed by atoms with Gasteiger partial charge in [-0.2, -0.15) is 0 Å². The van der Waals surface area contributed by atoms with Gasteiger partial charge in [-0.1, -0.05) is 115 Å². The summed E-state index contributed by atoms with van der Waals surface area (Å²) in [5.74, 6) is 0. The Morgan fingerprint density at radius 3 is 1.38 bits per heavy atom. The summed E-state index contributed by atoms with van der Waals surface area (Å²) in [4.78, 5) is 0. The molecular formula is C44H26N2S. The molecule has 0 aliphatic heterocycles. The van der Waals surface area contributed by atoms with E-state index in [1.807, 2.05) is 11.3 Å². The molecule has 3 aromatic heterocycles. The van der Waals surface area contributed by atoms with E-state index in [-0.39, 0.29) is 0 Å². The second-order valence-corrected chi connectivity index (χ2v) is 13.5. The SMILES string of the molecule is c1ccc(-n2c3cc4c5ccccc5c5ccccc5c4cc3c3ccc4c(sc5c6ccccc6n(-c6ccccc6)c45)c32)cc1. The maximum Gasteiger partial charge on any atom is 0.0728 e. The van der Waals surface area contributed by atoms with E-state index >= 15 is 0 Å². The Labute approximate surface area is 273 Å². The molecule has 0 atom stereocenters. The maximum atomic E-state index is 2.51. The molecular weight excluding hydrogens is 589 g/mol. The number of nitrogens with zero attached hydrogens (tertiary/aromatic N) is 2. The topological polar surface area (TPSA) is 9.86 Å². The Kier molecular flexibility index (Phi) is 5.02. The summed E-state index contributed by atoms with van der Waals surface area (Å²) in [6.07, 6.45) is 0. The van der Waals surface area contributed by atoms with E-state index in [9.17, 15) is 0 Å². The number of benzene rings is 8. The maximum absolute atomic E-state index is 2.51. The normalized spacial score (nSPS) is 12.3. The van der Waals surface area contributed by atoms with Crippen LogP contribution >= 0.6 is 11.3 Å². The molecule has 3 heteroatoms. The molecule has 0 spiro atoms. The van der Waals surface area contributed by atoms with Crippen molar-refractivity contribution in [2.45, 2.75) is 0 Å². The molecule has 0 unspecified atom stereocenters. The van der Waals surface area contributed by atoms with Crippen molar-refractivity contribution in [2.24, 2.45) is 0 Å². The summed E-state index contributed by atoms with van der Waals surface area (Å²) in [5, 5.41) is 13.0. The summed E-state index contributed by atoms with van der Waals surface area (Å²) in [5.41, 5.74) is 7.41. The third kappa shape index (κ3) is 3.34. The van der Waals surface area contributed by atoms with Crippen molar-refractivity contribution in [1.82, 2.24) is 9.13 Å². The Morgan fingerprint density at radius 2 is 0.745 bits per heavy atom. The van der Waals surface area contributed by atoms with Gasteiger partial charge in [-0.25, -0.2) is 0 Å². The van der Waals surface area contributed by atoms with Crippen molar-refractivity contribution in [1.29, 1.82) is 0 Å². The van der Waals surface area contributed by atoms with Gasteiger partial charge in [0.15, 0.2) is 0 Å². The fraction of sp³-hybridized carbons (Fsp3) is 0. The Balaban J connectivity index is 1.37. The highest BCUT2D eigenvalue weighted by molar-refractivity contribution is 7.27. The molecule has 3 heterocycles. The van der Waals surface area contributed by atoms with Crippen molar-refractivity contribution in [3.8, 4) is 11.4 Å². The lowest BCUT2D eigenvalue weighted by atomic mass is 9.93. The van der Waals surface area contributed by atoms with E-state index in [0.717, 1.165) is 0 Å². The van der Waals surface area contributed by atoms with Crippen LogP contribution in [0, 0.1) is 0 Å². The minimum atomic E-state index is 1.18. The molecule has 0 radical (unpaired) electrons. The van der Waals surface area contributed by atoms with Crippen LogP contribution in [0.4, 0.5) is 0 Å². The van der Waals surface area contributed by atoms with E-state index in [0.29, 0.717) is 0 Å². The van der Waals surface area contributed by atoms with E-state index in [1.54, 1.807) is 0 Å². The van der Waals surface area contributed by atoms with Crippen molar-refractivity contribution in [2.75, 3.05) is 0 Å². The lowest BCUT2D eigenvalue weighted by Gasteiger charge is -2.12. The van der Waals surface area contributed by atoms with Crippen LogP contribution in [0.2, 0.25) is 0 Å². The van der Waals surface area contributed by atoms with Crippen LogP contribution in [0.3, 0.4) is 0 Å². The van der Waals surface area contributed by atoms with Gasteiger partial charge in [0.05, 0.1) is 31.5 Å². The first-order chi connectivity index (χ1) is 23.3. The van der Waals surface area contributed by atoms with Crippen molar-refractivity contribution < 1.29 is 0 Å². The van der Waals surface area contributed by atoms with Gasteiger partial charge in [-0.05, 0) is 74.8 Å². The largest absolute Gasteiger partial charge is 0.308 e. The van der Waals surface area contributed by atoms with Gasteiger partial charge < -0.3 is 9.13 Å². The summed E-state index contributed by atoms with van der Waals surface area (Å²) in [6.45, 7) is 0. The first kappa shape index (κ1) is 25.3. The summed E-state index contributed by atoms with van der Waals surface area (Å²) in [7, 11) is 0. The number of rotatable bonds is 2. The zero-order valence-electron chi connectivity index (χ0n) is 25.3. The van der Waals surface area contributed by atoms with Crippen LogP contribution in [-0.2, 0) is 0 Å². The first-order valence-corrected chi connectivity index (χ1v) is 16.9. The minimum absolute atomic E-state index is 1.18. The number of aromatic nitrogens is 2.